The van der Waals surface area contributed by atoms with E-state index in [0.717, 1.165) is 5.56 Å². The van der Waals surface area contributed by atoms with Crippen molar-refractivity contribution in [2.24, 2.45) is 0 Å². The molecule has 0 fully saturated rings. The van der Waals surface area contributed by atoms with E-state index in [1.54, 1.807) is 30.6 Å². The Morgan fingerprint density at radius 1 is 1.47 bits per heavy atom. The van der Waals surface area contributed by atoms with E-state index >= 15 is 0 Å². The van der Waals surface area contributed by atoms with Crippen molar-refractivity contribution in [3.63, 3.8) is 0 Å². The maximum absolute atomic E-state index is 10.5. The number of furan rings is 1. The maximum atomic E-state index is 10.5. The molecule has 0 aliphatic rings. The molecule has 0 spiro atoms. The van der Waals surface area contributed by atoms with E-state index in [9.17, 15) is 10.1 Å². The average Bonchev–Trinajstić information content (AvgIpc) is 2.78. The van der Waals surface area contributed by atoms with Gasteiger partial charge in [0.1, 0.15) is 11.5 Å². The molecular formula is C12H10N2O3. The maximum Gasteiger partial charge on any atom is 0.246 e. The highest BCUT2D eigenvalue weighted by Crippen LogP contribution is 2.22. The van der Waals surface area contributed by atoms with Crippen LogP contribution in [0.2, 0.25) is 0 Å². The van der Waals surface area contributed by atoms with Gasteiger partial charge in [0.2, 0.25) is 5.70 Å². The molecule has 0 saturated heterocycles. The Labute approximate surface area is 97.6 Å². The zero-order valence-electron chi connectivity index (χ0n) is 9.16. The second-order valence-corrected chi connectivity index (χ2v) is 3.49. The molecule has 0 bridgehead atoms. The Hall–Kier alpha value is -2.43. The molecule has 2 rings (SSSR count). The summed E-state index contributed by atoms with van der Waals surface area (Å²) in [7, 11) is 0. The summed E-state index contributed by atoms with van der Waals surface area (Å²) in [6.07, 6.45) is 4.73. The average molecular weight is 230 g/mol. The molecule has 2 aromatic rings. The van der Waals surface area contributed by atoms with Crippen LogP contribution in [0.1, 0.15) is 12.7 Å². The van der Waals surface area contributed by atoms with E-state index in [1.807, 2.05) is 6.07 Å². The fourth-order valence-corrected chi connectivity index (χ4v) is 1.35. The van der Waals surface area contributed by atoms with Crippen LogP contribution in [0, 0.1) is 10.1 Å². The largest absolute Gasteiger partial charge is 0.456 e. The fraction of sp³-hybridized carbons (Fsp3) is 0.0833. The molecule has 2 aromatic heterocycles. The van der Waals surface area contributed by atoms with E-state index < -0.39 is 4.92 Å². The summed E-state index contributed by atoms with van der Waals surface area (Å²) in [5, 5.41) is 10.5. The van der Waals surface area contributed by atoms with Crippen LogP contribution in [0.3, 0.4) is 0 Å². The van der Waals surface area contributed by atoms with Crippen molar-refractivity contribution in [3.05, 3.63) is 58.2 Å². The fourth-order valence-electron chi connectivity index (χ4n) is 1.35. The van der Waals surface area contributed by atoms with Crippen LogP contribution in [0.5, 0.6) is 0 Å². The number of rotatable bonds is 3. The molecule has 0 aliphatic carbocycles. The first kappa shape index (κ1) is 11.1. The third-order valence-electron chi connectivity index (χ3n) is 2.21. The van der Waals surface area contributed by atoms with E-state index in [0.29, 0.717) is 11.5 Å². The van der Waals surface area contributed by atoms with Crippen LogP contribution in [0.15, 0.2) is 46.8 Å². The van der Waals surface area contributed by atoms with Gasteiger partial charge in [-0.2, -0.15) is 0 Å². The van der Waals surface area contributed by atoms with Crippen molar-refractivity contribution >= 4 is 6.08 Å². The second-order valence-electron chi connectivity index (χ2n) is 3.49. The van der Waals surface area contributed by atoms with Gasteiger partial charge in [0, 0.05) is 24.9 Å². The van der Waals surface area contributed by atoms with Crippen molar-refractivity contribution in [3.8, 4) is 11.3 Å². The molecule has 86 valence electrons. The molecule has 0 amide bonds. The molecule has 2 heterocycles. The van der Waals surface area contributed by atoms with Gasteiger partial charge < -0.3 is 4.42 Å². The lowest BCUT2D eigenvalue weighted by Gasteiger charge is -1.94. The Morgan fingerprint density at radius 2 is 2.29 bits per heavy atom. The minimum absolute atomic E-state index is 0.0390. The summed E-state index contributed by atoms with van der Waals surface area (Å²) in [6.45, 7) is 1.42. The van der Waals surface area contributed by atoms with Gasteiger partial charge in [-0.1, -0.05) is 0 Å². The van der Waals surface area contributed by atoms with Crippen LogP contribution >= 0.6 is 0 Å². The molecule has 17 heavy (non-hydrogen) atoms. The predicted molar refractivity (Wildman–Crippen MR) is 62.6 cm³/mol. The van der Waals surface area contributed by atoms with Gasteiger partial charge in [-0.05, 0) is 24.3 Å². The second kappa shape index (κ2) is 4.61. The number of hydrogen-bond acceptors (Lipinski definition) is 4. The lowest BCUT2D eigenvalue weighted by Crippen LogP contribution is -1.92. The van der Waals surface area contributed by atoms with Crippen LogP contribution in [0.4, 0.5) is 0 Å². The molecule has 5 nitrogen and oxygen atoms in total. The third kappa shape index (κ3) is 2.57. The first-order valence-electron chi connectivity index (χ1n) is 5.00. The summed E-state index contributed by atoms with van der Waals surface area (Å²) in [5.74, 6) is 1.10. The molecule has 0 unspecified atom stereocenters. The number of pyridine rings is 1. The molecule has 0 saturated carbocycles. The number of nitro groups is 1. The number of hydrogen-bond donors (Lipinski definition) is 0. The van der Waals surface area contributed by atoms with E-state index in [-0.39, 0.29) is 5.70 Å². The van der Waals surface area contributed by atoms with Gasteiger partial charge in [-0.3, -0.25) is 15.1 Å². The summed E-state index contributed by atoms with van der Waals surface area (Å²) < 4.78 is 5.47. The standard InChI is InChI=1S/C12H10N2O3/c1-9(14(15)16)7-11-4-5-12(17-11)10-3-2-6-13-8-10/h2-8H,1H3. The Kier molecular flexibility index (Phi) is 3.00. The van der Waals surface area contributed by atoms with Gasteiger partial charge >= 0.3 is 0 Å². The normalized spacial score (nSPS) is 11.5. The highest BCUT2D eigenvalue weighted by molar-refractivity contribution is 5.58. The van der Waals surface area contributed by atoms with Crippen molar-refractivity contribution in [2.45, 2.75) is 6.92 Å². The monoisotopic (exact) mass is 230 g/mol. The van der Waals surface area contributed by atoms with Crippen molar-refractivity contribution in [1.82, 2.24) is 4.98 Å². The summed E-state index contributed by atoms with van der Waals surface area (Å²) in [5.41, 5.74) is 0.878. The van der Waals surface area contributed by atoms with Gasteiger partial charge in [-0.25, -0.2) is 0 Å². The van der Waals surface area contributed by atoms with Crippen LogP contribution in [-0.2, 0) is 0 Å². The number of aromatic nitrogens is 1. The summed E-state index contributed by atoms with van der Waals surface area (Å²) in [6, 6.07) is 7.11. The van der Waals surface area contributed by atoms with E-state index in [4.69, 9.17) is 4.42 Å². The SMILES string of the molecule is CC(=Cc1ccc(-c2cccnc2)o1)[N+](=O)[O-]. The van der Waals surface area contributed by atoms with Crippen LogP contribution in [0.25, 0.3) is 17.4 Å². The molecule has 0 aromatic carbocycles. The Bertz CT molecular complexity index is 558. The first-order valence-corrected chi connectivity index (χ1v) is 5.00. The summed E-state index contributed by atoms with van der Waals surface area (Å²) >= 11 is 0. The van der Waals surface area contributed by atoms with Crippen molar-refractivity contribution in [1.29, 1.82) is 0 Å². The number of allylic oxidation sites excluding steroid dienone is 1. The molecule has 0 aliphatic heterocycles. The lowest BCUT2D eigenvalue weighted by atomic mass is 10.2. The first-order chi connectivity index (χ1) is 8.16. The smallest absolute Gasteiger partial charge is 0.246 e. The highest BCUT2D eigenvalue weighted by Gasteiger charge is 2.07. The quantitative estimate of drug-likeness (QED) is 0.600. The Morgan fingerprint density at radius 3 is 2.94 bits per heavy atom. The molecular weight excluding hydrogens is 220 g/mol. The predicted octanol–water partition coefficient (Wildman–Crippen LogP) is 2.98. The zero-order valence-corrected chi connectivity index (χ0v) is 9.16. The van der Waals surface area contributed by atoms with E-state index in [2.05, 4.69) is 4.98 Å². The molecule has 5 heteroatoms. The summed E-state index contributed by atoms with van der Waals surface area (Å²) in [4.78, 5) is 14.0. The van der Waals surface area contributed by atoms with Gasteiger partial charge in [0.15, 0.2) is 0 Å². The van der Waals surface area contributed by atoms with Gasteiger partial charge in [-0.15, -0.1) is 0 Å². The lowest BCUT2D eigenvalue weighted by molar-refractivity contribution is -0.422. The third-order valence-corrected chi connectivity index (χ3v) is 2.21. The van der Waals surface area contributed by atoms with Crippen LogP contribution < -0.4 is 0 Å². The topological polar surface area (TPSA) is 69.2 Å². The molecule has 0 atom stereocenters. The van der Waals surface area contributed by atoms with Crippen molar-refractivity contribution < 1.29 is 9.34 Å². The zero-order chi connectivity index (χ0) is 12.3. The number of nitrogens with zero attached hydrogens (tertiary/aromatic N) is 2. The van der Waals surface area contributed by atoms with Crippen molar-refractivity contribution in [2.75, 3.05) is 0 Å². The van der Waals surface area contributed by atoms with Gasteiger partial charge in [0.25, 0.3) is 0 Å². The van der Waals surface area contributed by atoms with E-state index in [1.165, 1.54) is 13.0 Å². The highest BCUT2D eigenvalue weighted by atomic mass is 16.6. The molecule has 0 radical (unpaired) electrons. The van der Waals surface area contributed by atoms with Crippen LogP contribution in [-0.4, -0.2) is 9.91 Å². The molecule has 0 N–H and O–H groups in total. The Balaban J connectivity index is 2.29. The minimum atomic E-state index is -0.452. The minimum Gasteiger partial charge on any atom is -0.456 e. The van der Waals surface area contributed by atoms with Gasteiger partial charge in [0.05, 0.1) is 11.0 Å².